The number of H-pyrrole nitrogens is 1. The molecule has 0 atom stereocenters. The fraction of sp³-hybridized carbons (Fsp3) is 0.0741. The summed E-state index contributed by atoms with van der Waals surface area (Å²) in [7, 11) is 0. The number of halogens is 3. The molecule has 0 unspecified atom stereocenters. The Kier molecular flexibility index (Phi) is 6.50. The van der Waals surface area contributed by atoms with Crippen molar-refractivity contribution in [3.8, 4) is 34.0 Å². The van der Waals surface area contributed by atoms with Gasteiger partial charge in [0.2, 0.25) is 5.95 Å². The zero-order chi connectivity index (χ0) is 24.2. The minimum Gasteiger partial charge on any atom is -0.354 e. The van der Waals surface area contributed by atoms with Crippen molar-refractivity contribution in [2.75, 3.05) is 11.9 Å². The average Bonchev–Trinajstić information content (AvgIpc) is 3.33. The van der Waals surface area contributed by atoms with E-state index < -0.39 is 5.82 Å². The van der Waals surface area contributed by atoms with E-state index in [1.807, 2.05) is 18.2 Å². The number of hydrogen-bond donors (Lipinski definition) is 2. The number of nitrogens with zero attached hydrogens (tertiary/aromatic N) is 3. The number of hydrogen-bond acceptors (Lipinski definition) is 4. The Labute approximate surface area is 205 Å². The molecule has 0 saturated heterocycles. The Balaban J connectivity index is 1.49. The predicted octanol–water partition coefficient (Wildman–Crippen LogP) is 6.79. The van der Waals surface area contributed by atoms with Gasteiger partial charge in [-0.2, -0.15) is 0 Å². The van der Waals surface area contributed by atoms with E-state index in [9.17, 15) is 8.78 Å². The zero-order valence-electron chi connectivity index (χ0n) is 18.5. The third kappa shape index (κ3) is 5.20. The molecule has 2 N–H and O–H groups in total. The lowest BCUT2D eigenvalue weighted by Crippen LogP contribution is -2.08. The van der Waals surface area contributed by atoms with E-state index in [0.717, 1.165) is 6.42 Å². The van der Waals surface area contributed by atoms with Crippen molar-refractivity contribution in [3.05, 3.63) is 107 Å². The van der Waals surface area contributed by atoms with Crippen LogP contribution in [0.1, 0.15) is 5.56 Å². The molecule has 0 aliphatic heterocycles. The number of aromatic amines is 1. The summed E-state index contributed by atoms with van der Waals surface area (Å²) in [4.78, 5) is 17.0. The summed E-state index contributed by atoms with van der Waals surface area (Å²) >= 11 is 6.05. The van der Waals surface area contributed by atoms with Gasteiger partial charge < -0.3 is 10.3 Å². The minimum absolute atomic E-state index is 0.00858. The van der Waals surface area contributed by atoms with Crippen LogP contribution >= 0.6 is 11.6 Å². The van der Waals surface area contributed by atoms with Crippen molar-refractivity contribution in [2.24, 2.45) is 0 Å². The molecule has 2 heterocycles. The fourth-order valence-corrected chi connectivity index (χ4v) is 3.88. The monoisotopic (exact) mass is 487 g/mol. The Morgan fingerprint density at radius 3 is 2.40 bits per heavy atom. The number of imidazole rings is 1. The first-order valence-electron chi connectivity index (χ1n) is 11.0. The van der Waals surface area contributed by atoms with E-state index in [2.05, 4.69) is 32.4 Å². The highest BCUT2D eigenvalue weighted by molar-refractivity contribution is 6.31. The van der Waals surface area contributed by atoms with Gasteiger partial charge in [0.1, 0.15) is 17.5 Å². The lowest BCUT2D eigenvalue weighted by atomic mass is 10.1. The molecule has 0 saturated carbocycles. The zero-order valence-corrected chi connectivity index (χ0v) is 19.2. The average molecular weight is 488 g/mol. The molecule has 5 rings (SSSR count). The van der Waals surface area contributed by atoms with Gasteiger partial charge >= 0.3 is 0 Å². The van der Waals surface area contributed by atoms with Gasteiger partial charge in [0.25, 0.3) is 0 Å². The van der Waals surface area contributed by atoms with Crippen LogP contribution in [0.5, 0.6) is 0 Å². The van der Waals surface area contributed by atoms with Crippen molar-refractivity contribution in [3.63, 3.8) is 0 Å². The third-order valence-corrected chi connectivity index (χ3v) is 5.76. The van der Waals surface area contributed by atoms with E-state index in [4.69, 9.17) is 16.6 Å². The van der Waals surface area contributed by atoms with Crippen LogP contribution in [0.3, 0.4) is 0 Å². The van der Waals surface area contributed by atoms with Gasteiger partial charge in [0, 0.05) is 23.9 Å². The summed E-state index contributed by atoms with van der Waals surface area (Å²) in [6.07, 6.45) is 2.49. The molecule has 0 amide bonds. The molecular weight excluding hydrogens is 468 g/mol. The molecule has 0 spiro atoms. The van der Waals surface area contributed by atoms with Crippen LogP contribution in [0, 0.1) is 11.6 Å². The van der Waals surface area contributed by atoms with Crippen LogP contribution < -0.4 is 5.32 Å². The standard InChI is InChI=1S/C27H20ClF2N5/c28-21-16-19(8-11-22(21)30)24-25(35-26(34-24)18-6-9-20(29)10-7-18)23-13-15-32-27(33-23)31-14-12-17-4-2-1-3-5-17/h1-11,13,15-16H,12,14H2,(H,34,35)(H,31,32,33). The molecule has 3 aromatic carbocycles. The summed E-state index contributed by atoms with van der Waals surface area (Å²) in [5.74, 6) is 0.137. The maximum Gasteiger partial charge on any atom is 0.223 e. The molecule has 5 aromatic rings. The smallest absolute Gasteiger partial charge is 0.223 e. The van der Waals surface area contributed by atoms with E-state index >= 15 is 0 Å². The van der Waals surface area contributed by atoms with Gasteiger partial charge in [0.15, 0.2) is 0 Å². The second kappa shape index (κ2) is 10.0. The number of nitrogens with one attached hydrogen (secondary N) is 2. The molecule has 0 aliphatic rings. The highest BCUT2D eigenvalue weighted by atomic mass is 35.5. The topological polar surface area (TPSA) is 66.5 Å². The van der Waals surface area contributed by atoms with Crippen molar-refractivity contribution < 1.29 is 8.78 Å². The van der Waals surface area contributed by atoms with Crippen LogP contribution in [0.25, 0.3) is 34.0 Å². The maximum absolute atomic E-state index is 13.8. The van der Waals surface area contributed by atoms with Gasteiger partial charge in [-0.3, -0.25) is 0 Å². The first kappa shape index (κ1) is 22.7. The van der Waals surface area contributed by atoms with E-state index in [-0.39, 0.29) is 10.8 Å². The van der Waals surface area contributed by atoms with Crippen molar-refractivity contribution in [2.45, 2.75) is 6.42 Å². The van der Waals surface area contributed by atoms with Gasteiger partial charge in [-0.1, -0.05) is 41.9 Å². The van der Waals surface area contributed by atoms with Crippen molar-refractivity contribution in [1.29, 1.82) is 0 Å². The van der Waals surface area contributed by atoms with Gasteiger partial charge in [-0.15, -0.1) is 0 Å². The number of aromatic nitrogens is 4. The molecular formula is C27H20ClF2N5. The van der Waals surface area contributed by atoms with Crippen molar-refractivity contribution in [1.82, 2.24) is 19.9 Å². The third-order valence-electron chi connectivity index (χ3n) is 5.47. The highest BCUT2D eigenvalue weighted by Crippen LogP contribution is 2.34. The first-order valence-corrected chi connectivity index (χ1v) is 11.4. The molecule has 35 heavy (non-hydrogen) atoms. The van der Waals surface area contributed by atoms with E-state index in [1.165, 1.54) is 29.8 Å². The Morgan fingerprint density at radius 1 is 0.857 bits per heavy atom. The first-order chi connectivity index (χ1) is 17.1. The summed E-state index contributed by atoms with van der Waals surface area (Å²) in [5, 5.41) is 3.25. The van der Waals surface area contributed by atoms with Crippen LogP contribution in [0.4, 0.5) is 14.7 Å². The maximum atomic E-state index is 13.8. The summed E-state index contributed by atoms with van der Waals surface area (Å²) in [5.41, 5.74) is 4.28. The summed E-state index contributed by atoms with van der Waals surface area (Å²) in [6.45, 7) is 0.664. The summed E-state index contributed by atoms with van der Waals surface area (Å²) < 4.78 is 27.3. The molecule has 174 valence electrons. The Bertz CT molecular complexity index is 1450. The van der Waals surface area contributed by atoms with Gasteiger partial charge in [0.05, 0.1) is 22.1 Å². The molecule has 0 radical (unpaired) electrons. The largest absolute Gasteiger partial charge is 0.354 e. The normalized spacial score (nSPS) is 10.9. The fourth-order valence-electron chi connectivity index (χ4n) is 3.70. The van der Waals surface area contributed by atoms with E-state index in [1.54, 1.807) is 30.5 Å². The Hall–Kier alpha value is -4.10. The molecule has 2 aromatic heterocycles. The second-order valence-corrected chi connectivity index (χ2v) is 8.28. The molecule has 8 heteroatoms. The predicted molar refractivity (Wildman–Crippen MR) is 134 cm³/mol. The molecule has 0 fully saturated rings. The van der Waals surface area contributed by atoms with Gasteiger partial charge in [-0.05, 0) is 60.5 Å². The molecule has 0 bridgehead atoms. The summed E-state index contributed by atoms with van der Waals surface area (Å²) in [6, 6.07) is 22.3. The van der Waals surface area contributed by atoms with E-state index in [0.29, 0.717) is 46.5 Å². The van der Waals surface area contributed by atoms with Crippen LogP contribution in [0.15, 0.2) is 85.1 Å². The van der Waals surface area contributed by atoms with Gasteiger partial charge in [-0.25, -0.2) is 23.7 Å². The SMILES string of the molecule is Fc1ccc(-c2nc(-c3ccc(F)c(Cl)c3)c(-c3ccnc(NCCc4ccccc4)n3)[nH]2)cc1. The lowest BCUT2D eigenvalue weighted by molar-refractivity contribution is 0.628. The van der Waals surface area contributed by atoms with Crippen LogP contribution in [-0.4, -0.2) is 26.5 Å². The quantitative estimate of drug-likeness (QED) is 0.265. The number of anilines is 1. The Morgan fingerprint density at radius 2 is 1.63 bits per heavy atom. The van der Waals surface area contributed by atoms with Crippen LogP contribution in [-0.2, 0) is 6.42 Å². The number of benzene rings is 3. The minimum atomic E-state index is -0.516. The van der Waals surface area contributed by atoms with Crippen molar-refractivity contribution >= 4 is 17.5 Å². The highest BCUT2D eigenvalue weighted by Gasteiger charge is 2.18. The molecule has 5 nitrogen and oxygen atoms in total. The van der Waals surface area contributed by atoms with Crippen LogP contribution in [0.2, 0.25) is 5.02 Å². The lowest BCUT2D eigenvalue weighted by Gasteiger charge is -2.07. The second-order valence-electron chi connectivity index (χ2n) is 7.87. The molecule has 0 aliphatic carbocycles. The number of rotatable bonds is 7.